The van der Waals surface area contributed by atoms with E-state index in [1.165, 1.54) is 11.5 Å². The van der Waals surface area contributed by atoms with Crippen molar-refractivity contribution in [3.05, 3.63) is 36.1 Å². The van der Waals surface area contributed by atoms with Gasteiger partial charge in [-0.3, -0.25) is 0 Å². The summed E-state index contributed by atoms with van der Waals surface area (Å²) in [5.74, 6) is 0. The Morgan fingerprint density at radius 3 is 2.78 bits per heavy atom. The van der Waals surface area contributed by atoms with E-state index in [2.05, 4.69) is 9.36 Å². The first-order valence-electron chi connectivity index (χ1n) is 7.18. The lowest BCUT2D eigenvalue weighted by Gasteiger charge is -2.17. The number of benzene rings is 1. The molecule has 0 radical (unpaired) electrons. The topological polar surface area (TPSA) is 101 Å². The molecule has 120 valence electrons. The molecular weight excluding hydrogens is 318 g/mol. The van der Waals surface area contributed by atoms with Crippen molar-refractivity contribution in [2.45, 2.75) is 24.5 Å². The second-order valence-corrected chi connectivity index (χ2v) is 6.15. The van der Waals surface area contributed by atoms with Crippen LogP contribution in [0, 0.1) is 0 Å². The summed E-state index contributed by atoms with van der Waals surface area (Å²) in [5, 5.41) is 31.2. The molecule has 2 aromatic heterocycles. The summed E-state index contributed by atoms with van der Waals surface area (Å²) in [7, 11) is 0. The highest BCUT2D eigenvalue weighted by Crippen LogP contribution is 2.33. The number of rotatable bonds is 3. The van der Waals surface area contributed by atoms with Gasteiger partial charge in [0.1, 0.15) is 18.3 Å². The minimum atomic E-state index is -1.13. The van der Waals surface area contributed by atoms with E-state index in [0.29, 0.717) is 0 Å². The van der Waals surface area contributed by atoms with Crippen LogP contribution in [-0.2, 0) is 4.74 Å². The number of ether oxygens (including phenoxy) is 1. The van der Waals surface area contributed by atoms with E-state index in [1.807, 2.05) is 23.6 Å². The van der Waals surface area contributed by atoms with Crippen LogP contribution in [0.3, 0.4) is 0 Å². The third kappa shape index (κ3) is 2.35. The highest BCUT2D eigenvalue weighted by molar-refractivity contribution is 7.03. The molecule has 0 saturated carbocycles. The smallest absolute Gasteiger partial charge is 0.164 e. The predicted octanol–water partition coefficient (Wildman–Crippen LogP) is 0.771. The summed E-state index contributed by atoms with van der Waals surface area (Å²) in [5.41, 5.74) is 3.58. The lowest BCUT2D eigenvalue weighted by Crippen LogP contribution is -2.33. The van der Waals surface area contributed by atoms with Gasteiger partial charge in [0, 0.05) is 17.1 Å². The van der Waals surface area contributed by atoms with Gasteiger partial charge >= 0.3 is 0 Å². The van der Waals surface area contributed by atoms with Crippen molar-refractivity contribution < 1.29 is 20.1 Å². The Hall–Kier alpha value is -1.84. The molecule has 3 heterocycles. The van der Waals surface area contributed by atoms with E-state index in [1.54, 1.807) is 17.1 Å². The number of imidazole rings is 1. The molecule has 4 atom stereocenters. The van der Waals surface area contributed by atoms with E-state index in [0.717, 1.165) is 22.2 Å². The Bertz CT molecular complexity index is 819. The van der Waals surface area contributed by atoms with E-state index in [-0.39, 0.29) is 6.61 Å². The number of nitrogens with zero attached hydrogens (tertiary/aromatic N) is 3. The van der Waals surface area contributed by atoms with Crippen LogP contribution in [0.5, 0.6) is 0 Å². The maximum atomic E-state index is 10.2. The molecule has 1 aromatic carbocycles. The van der Waals surface area contributed by atoms with Crippen molar-refractivity contribution in [2.24, 2.45) is 0 Å². The first-order valence-corrected chi connectivity index (χ1v) is 8.01. The van der Waals surface area contributed by atoms with Crippen LogP contribution >= 0.6 is 11.5 Å². The zero-order chi connectivity index (χ0) is 16.0. The number of hydrogen-bond donors (Lipinski definition) is 3. The Labute approximate surface area is 135 Å². The number of aliphatic hydroxyl groups excluding tert-OH is 3. The number of aromatic nitrogens is 3. The molecule has 0 unspecified atom stereocenters. The average molecular weight is 333 g/mol. The van der Waals surface area contributed by atoms with Crippen LogP contribution in [-0.4, -0.2) is 54.2 Å². The van der Waals surface area contributed by atoms with Crippen LogP contribution < -0.4 is 0 Å². The Morgan fingerprint density at radius 2 is 2.09 bits per heavy atom. The predicted molar refractivity (Wildman–Crippen MR) is 83.9 cm³/mol. The summed E-state index contributed by atoms with van der Waals surface area (Å²) >= 11 is 1.39. The standard InChI is InChI=1S/C15H15N3O4S/c19-5-12-13(20)14(21)15(22-12)18-7-16-10-3-8(1-2-11(10)18)9-4-17-23-6-9/h1-4,6-7,12-15,19-21H,5H2/t12-,13-,14-,15-/m1/s1. The Morgan fingerprint density at radius 1 is 1.22 bits per heavy atom. The zero-order valence-electron chi connectivity index (χ0n) is 12.0. The van der Waals surface area contributed by atoms with E-state index >= 15 is 0 Å². The largest absolute Gasteiger partial charge is 0.394 e. The second kappa shape index (κ2) is 5.66. The Kier molecular flexibility index (Phi) is 3.63. The van der Waals surface area contributed by atoms with Gasteiger partial charge in [-0.1, -0.05) is 6.07 Å². The van der Waals surface area contributed by atoms with Gasteiger partial charge in [-0.25, -0.2) is 9.36 Å². The molecule has 4 rings (SSSR count). The van der Waals surface area contributed by atoms with Crippen molar-refractivity contribution in [1.82, 2.24) is 13.9 Å². The van der Waals surface area contributed by atoms with Crippen molar-refractivity contribution in [3.63, 3.8) is 0 Å². The number of hydrogen-bond acceptors (Lipinski definition) is 7. The molecule has 1 fully saturated rings. The first-order chi connectivity index (χ1) is 11.2. The van der Waals surface area contributed by atoms with E-state index in [4.69, 9.17) is 4.74 Å². The van der Waals surface area contributed by atoms with E-state index < -0.39 is 24.5 Å². The lowest BCUT2D eigenvalue weighted by molar-refractivity contribution is -0.0508. The van der Waals surface area contributed by atoms with Gasteiger partial charge in [0.25, 0.3) is 0 Å². The minimum absolute atomic E-state index is 0.351. The molecule has 7 nitrogen and oxygen atoms in total. The molecule has 0 spiro atoms. The maximum absolute atomic E-state index is 10.2. The molecule has 1 aliphatic rings. The highest BCUT2D eigenvalue weighted by Gasteiger charge is 2.43. The van der Waals surface area contributed by atoms with Gasteiger partial charge in [-0.15, -0.1) is 0 Å². The normalized spacial score (nSPS) is 27.8. The van der Waals surface area contributed by atoms with Gasteiger partial charge in [0.2, 0.25) is 0 Å². The molecular formula is C15H15N3O4S. The van der Waals surface area contributed by atoms with Crippen LogP contribution in [0.1, 0.15) is 6.23 Å². The van der Waals surface area contributed by atoms with Crippen LogP contribution in [0.15, 0.2) is 36.1 Å². The Balaban J connectivity index is 1.72. The lowest BCUT2D eigenvalue weighted by atomic mass is 10.1. The third-order valence-electron chi connectivity index (χ3n) is 4.13. The summed E-state index contributed by atoms with van der Waals surface area (Å²) in [6.07, 6.45) is -0.455. The SMILES string of the molecule is OC[C@H]1O[C@@H](n2cnc3cc(-c4cnsc4)ccc32)[C@H](O)[C@@H]1O. The quantitative estimate of drug-likeness (QED) is 0.655. The van der Waals surface area contributed by atoms with Crippen LogP contribution in [0.4, 0.5) is 0 Å². The van der Waals surface area contributed by atoms with Crippen LogP contribution in [0.25, 0.3) is 22.2 Å². The zero-order valence-corrected chi connectivity index (χ0v) is 12.8. The molecule has 0 bridgehead atoms. The van der Waals surface area contributed by atoms with Crippen LogP contribution in [0.2, 0.25) is 0 Å². The first kappa shape index (κ1) is 14.7. The fourth-order valence-electron chi connectivity index (χ4n) is 2.87. The van der Waals surface area contributed by atoms with Crippen molar-refractivity contribution in [2.75, 3.05) is 6.61 Å². The molecule has 1 aliphatic heterocycles. The van der Waals surface area contributed by atoms with Crippen molar-refractivity contribution in [1.29, 1.82) is 0 Å². The van der Waals surface area contributed by atoms with Gasteiger partial charge in [0.05, 0.1) is 24.0 Å². The number of fused-ring (bicyclic) bond motifs is 1. The molecule has 3 aromatic rings. The summed E-state index contributed by atoms with van der Waals surface area (Å²) < 4.78 is 11.3. The average Bonchev–Trinajstić information content (AvgIpc) is 3.28. The summed E-state index contributed by atoms with van der Waals surface area (Å²) in [4.78, 5) is 4.35. The fourth-order valence-corrected chi connectivity index (χ4v) is 3.42. The molecule has 8 heteroatoms. The second-order valence-electron chi connectivity index (χ2n) is 5.50. The third-order valence-corrected chi connectivity index (χ3v) is 4.72. The van der Waals surface area contributed by atoms with Crippen molar-refractivity contribution in [3.8, 4) is 11.1 Å². The summed E-state index contributed by atoms with van der Waals surface area (Å²) in [6.45, 7) is -0.351. The van der Waals surface area contributed by atoms with Gasteiger partial charge < -0.3 is 24.6 Å². The highest BCUT2D eigenvalue weighted by atomic mass is 32.1. The fraction of sp³-hybridized carbons (Fsp3) is 0.333. The molecule has 1 saturated heterocycles. The van der Waals surface area contributed by atoms with Gasteiger partial charge in [-0.2, -0.15) is 0 Å². The number of aliphatic hydroxyl groups is 3. The van der Waals surface area contributed by atoms with Crippen molar-refractivity contribution >= 4 is 22.6 Å². The van der Waals surface area contributed by atoms with E-state index in [9.17, 15) is 15.3 Å². The summed E-state index contributed by atoms with van der Waals surface area (Å²) in [6, 6.07) is 5.78. The maximum Gasteiger partial charge on any atom is 0.164 e. The minimum Gasteiger partial charge on any atom is -0.394 e. The molecule has 0 aliphatic carbocycles. The van der Waals surface area contributed by atoms with Gasteiger partial charge in [0.15, 0.2) is 6.23 Å². The molecule has 23 heavy (non-hydrogen) atoms. The molecule has 3 N–H and O–H groups in total. The molecule has 0 amide bonds. The van der Waals surface area contributed by atoms with Gasteiger partial charge in [-0.05, 0) is 29.2 Å². The monoisotopic (exact) mass is 333 g/mol.